The van der Waals surface area contributed by atoms with E-state index in [2.05, 4.69) is 23.6 Å². The van der Waals surface area contributed by atoms with E-state index in [1.165, 1.54) is 32.8 Å². The van der Waals surface area contributed by atoms with Crippen LogP contribution in [-0.2, 0) is 4.74 Å². The summed E-state index contributed by atoms with van der Waals surface area (Å²) in [5, 5.41) is 2.90. The van der Waals surface area contributed by atoms with Crippen LogP contribution in [0.4, 0.5) is 0 Å². The zero-order valence-electron chi connectivity index (χ0n) is 10.7. The van der Waals surface area contributed by atoms with E-state index in [0.717, 1.165) is 5.01 Å². The molecule has 1 fully saturated rings. The van der Waals surface area contributed by atoms with Crippen molar-refractivity contribution in [2.24, 2.45) is 5.41 Å². The first-order chi connectivity index (χ1) is 8.02. The number of carbonyl (C=O) groups excluding carboxylic acids is 1. The largest absolute Gasteiger partial charge is 0.464 e. The highest BCUT2D eigenvalue weighted by molar-refractivity contribution is 7.09. The van der Waals surface area contributed by atoms with Crippen molar-refractivity contribution < 1.29 is 9.53 Å². The zero-order valence-corrected chi connectivity index (χ0v) is 11.5. The molecule has 0 saturated heterocycles. The Morgan fingerprint density at radius 3 is 2.71 bits per heavy atom. The van der Waals surface area contributed by atoms with Crippen molar-refractivity contribution in [2.75, 3.05) is 7.11 Å². The fourth-order valence-electron chi connectivity index (χ4n) is 2.32. The number of hydrogen-bond donors (Lipinski definition) is 0. The molecular formula is C13H19NO2S. The number of aromatic nitrogens is 1. The lowest BCUT2D eigenvalue weighted by Gasteiger charge is -2.33. The highest BCUT2D eigenvalue weighted by atomic mass is 32.1. The minimum absolute atomic E-state index is 0.330. The molecule has 1 heterocycles. The monoisotopic (exact) mass is 253 g/mol. The fourth-order valence-corrected chi connectivity index (χ4v) is 3.28. The normalized spacial score (nSPS) is 20.2. The zero-order chi connectivity index (χ0) is 12.5. The Morgan fingerprint density at radius 1 is 1.47 bits per heavy atom. The van der Waals surface area contributed by atoms with Gasteiger partial charge in [0.05, 0.1) is 12.1 Å². The Labute approximate surface area is 106 Å². The van der Waals surface area contributed by atoms with Crippen LogP contribution in [0.5, 0.6) is 0 Å². The van der Waals surface area contributed by atoms with Crippen molar-refractivity contribution in [1.82, 2.24) is 4.98 Å². The summed E-state index contributed by atoms with van der Waals surface area (Å²) >= 11 is 1.59. The summed E-state index contributed by atoms with van der Waals surface area (Å²) in [4.78, 5) is 15.7. The number of methoxy groups -OCH3 is 1. The first kappa shape index (κ1) is 12.6. The van der Waals surface area contributed by atoms with Crippen LogP contribution in [0, 0.1) is 5.41 Å². The van der Waals surface area contributed by atoms with Gasteiger partial charge in [-0.15, -0.1) is 11.3 Å². The van der Waals surface area contributed by atoms with E-state index in [-0.39, 0.29) is 5.97 Å². The molecule has 1 saturated carbocycles. The van der Waals surface area contributed by atoms with Crippen LogP contribution in [0.25, 0.3) is 0 Å². The average molecular weight is 253 g/mol. The molecule has 1 aliphatic rings. The van der Waals surface area contributed by atoms with Gasteiger partial charge in [0.2, 0.25) is 0 Å². The smallest absolute Gasteiger partial charge is 0.357 e. The van der Waals surface area contributed by atoms with E-state index in [9.17, 15) is 4.79 Å². The number of thiazole rings is 1. The van der Waals surface area contributed by atoms with Crippen molar-refractivity contribution in [1.29, 1.82) is 0 Å². The van der Waals surface area contributed by atoms with Crippen molar-refractivity contribution in [3.63, 3.8) is 0 Å². The highest BCUT2D eigenvalue weighted by Crippen LogP contribution is 2.42. The van der Waals surface area contributed by atoms with Gasteiger partial charge < -0.3 is 4.74 Å². The third-order valence-electron chi connectivity index (χ3n) is 3.60. The maximum absolute atomic E-state index is 11.3. The van der Waals surface area contributed by atoms with Gasteiger partial charge in [-0.3, -0.25) is 0 Å². The highest BCUT2D eigenvalue weighted by Gasteiger charge is 2.29. The maximum atomic E-state index is 11.3. The van der Waals surface area contributed by atoms with Crippen LogP contribution in [0.3, 0.4) is 0 Å². The third kappa shape index (κ3) is 2.86. The second-order valence-corrected chi connectivity index (χ2v) is 6.39. The summed E-state index contributed by atoms with van der Waals surface area (Å²) in [7, 11) is 1.39. The van der Waals surface area contributed by atoms with Gasteiger partial charge in [-0.1, -0.05) is 13.8 Å². The van der Waals surface area contributed by atoms with Crippen LogP contribution in [-0.4, -0.2) is 18.1 Å². The number of hydrogen-bond acceptors (Lipinski definition) is 4. The van der Waals surface area contributed by atoms with Gasteiger partial charge in [-0.05, 0) is 31.1 Å². The van der Waals surface area contributed by atoms with Gasteiger partial charge in [0.1, 0.15) is 0 Å². The second-order valence-electron chi connectivity index (χ2n) is 5.50. The molecule has 1 aliphatic carbocycles. The lowest BCUT2D eigenvalue weighted by Crippen LogP contribution is -2.20. The Bertz CT molecular complexity index is 401. The lowest BCUT2D eigenvalue weighted by atomic mass is 9.73. The quantitative estimate of drug-likeness (QED) is 0.756. The predicted molar refractivity (Wildman–Crippen MR) is 68.4 cm³/mol. The first-order valence-electron chi connectivity index (χ1n) is 6.05. The summed E-state index contributed by atoms with van der Waals surface area (Å²) in [6, 6.07) is 0. The SMILES string of the molecule is COC(=O)c1csc(C2CCC(C)(C)CC2)n1. The van der Waals surface area contributed by atoms with Gasteiger partial charge in [0.25, 0.3) is 0 Å². The molecule has 0 bridgehead atoms. The minimum atomic E-state index is -0.330. The number of esters is 1. The summed E-state index contributed by atoms with van der Waals surface area (Å²) in [5.74, 6) is 0.204. The molecule has 0 spiro atoms. The molecule has 0 atom stereocenters. The van der Waals surface area contributed by atoms with Crippen LogP contribution < -0.4 is 0 Å². The van der Waals surface area contributed by atoms with E-state index >= 15 is 0 Å². The van der Waals surface area contributed by atoms with E-state index in [1.807, 2.05) is 0 Å². The predicted octanol–water partition coefficient (Wildman–Crippen LogP) is 3.61. The minimum Gasteiger partial charge on any atom is -0.464 e. The van der Waals surface area contributed by atoms with Crippen molar-refractivity contribution in [2.45, 2.75) is 45.4 Å². The summed E-state index contributed by atoms with van der Waals surface area (Å²) in [6.45, 7) is 4.65. The van der Waals surface area contributed by atoms with Crippen molar-refractivity contribution in [3.8, 4) is 0 Å². The molecule has 0 amide bonds. The molecule has 0 aliphatic heterocycles. The molecule has 4 heteroatoms. The molecule has 0 radical (unpaired) electrons. The van der Waals surface area contributed by atoms with Crippen LogP contribution in [0.15, 0.2) is 5.38 Å². The van der Waals surface area contributed by atoms with E-state index in [4.69, 9.17) is 0 Å². The molecule has 1 aromatic heterocycles. The van der Waals surface area contributed by atoms with Gasteiger partial charge in [0, 0.05) is 11.3 Å². The number of ether oxygens (including phenoxy) is 1. The average Bonchev–Trinajstić information content (AvgIpc) is 2.77. The van der Waals surface area contributed by atoms with Gasteiger partial charge in [-0.2, -0.15) is 0 Å². The van der Waals surface area contributed by atoms with Gasteiger partial charge in [0.15, 0.2) is 5.69 Å². The van der Waals surface area contributed by atoms with Crippen molar-refractivity contribution in [3.05, 3.63) is 16.1 Å². The second kappa shape index (κ2) is 4.77. The fraction of sp³-hybridized carbons (Fsp3) is 0.692. The standard InChI is InChI=1S/C13H19NO2S/c1-13(2)6-4-9(5-7-13)11-14-10(8-17-11)12(15)16-3/h8-9H,4-7H2,1-3H3. The van der Waals surface area contributed by atoms with Crippen LogP contribution in [0.2, 0.25) is 0 Å². The number of carbonyl (C=O) groups is 1. The van der Waals surface area contributed by atoms with Gasteiger partial charge in [-0.25, -0.2) is 9.78 Å². The molecule has 3 nitrogen and oxygen atoms in total. The topological polar surface area (TPSA) is 39.2 Å². The Kier molecular flexibility index (Phi) is 3.52. The van der Waals surface area contributed by atoms with Crippen LogP contribution >= 0.6 is 11.3 Å². The molecule has 94 valence electrons. The summed E-state index contributed by atoms with van der Waals surface area (Å²) in [6.07, 6.45) is 4.85. The number of rotatable bonds is 2. The molecule has 0 N–H and O–H groups in total. The molecule has 0 unspecified atom stereocenters. The summed E-state index contributed by atoms with van der Waals surface area (Å²) in [5.41, 5.74) is 0.927. The molecular weight excluding hydrogens is 234 g/mol. The first-order valence-corrected chi connectivity index (χ1v) is 6.93. The molecule has 2 rings (SSSR count). The Balaban J connectivity index is 2.04. The Morgan fingerprint density at radius 2 is 2.12 bits per heavy atom. The van der Waals surface area contributed by atoms with Crippen molar-refractivity contribution >= 4 is 17.3 Å². The van der Waals surface area contributed by atoms with Crippen LogP contribution in [0.1, 0.15) is 60.9 Å². The molecule has 17 heavy (non-hydrogen) atoms. The lowest BCUT2D eigenvalue weighted by molar-refractivity contribution is 0.0594. The molecule has 0 aromatic carbocycles. The Hall–Kier alpha value is -0.900. The van der Waals surface area contributed by atoms with E-state index < -0.39 is 0 Å². The van der Waals surface area contributed by atoms with Gasteiger partial charge >= 0.3 is 5.97 Å². The van der Waals surface area contributed by atoms with E-state index in [0.29, 0.717) is 17.0 Å². The third-order valence-corrected chi connectivity index (χ3v) is 4.61. The van der Waals surface area contributed by atoms with E-state index in [1.54, 1.807) is 16.7 Å². The number of nitrogens with zero attached hydrogens (tertiary/aromatic N) is 1. The summed E-state index contributed by atoms with van der Waals surface area (Å²) < 4.78 is 4.68. The molecule has 1 aromatic rings. The maximum Gasteiger partial charge on any atom is 0.357 e.